The van der Waals surface area contributed by atoms with E-state index in [0.717, 1.165) is 10.2 Å². The highest BCUT2D eigenvalue weighted by atomic mass is 79.9. The molecule has 20 heavy (non-hydrogen) atoms. The first kappa shape index (κ1) is 14.4. The molecule has 0 bridgehead atoms. The number of hydrogen-bond donors (Lipinski definition) is 1. The highest BCUT2D eigenvalue weighted by Crippen LogP contribution is 2.29. The Morgan fingerprint density at radius 1 is 1.20 bits per heavy atom. The van der Waals surface area contributed by atoms with Gasteiger partial charge in [-0.05, 0) is 36.8 Å². The van der Waals surface area contributed by atoms with Crippen molar-refractivity contribution in [2.75, 3.05) is 12.4 Å². The van der Waals surface area contributed by atoms with Crippen molar-refractivity contribution in [1.82, 2.24) is 0 Å². The van der Waals surface area contributed by atoms with E-state index in [1.165, 1.54) is 5.56 Å². The van der Waals surface area contributed by atoms with Crippen molar-refractivity contribution in [2.24, 2.45) is 0 Å². The molecule has 0 saturated carbocycles. The van der Waals surface area contributed by atoms with E-state index in [1.807, 2.05) is 18.2 Å². The molecule has 0 fully saturated rings. The predicted molar refractivity (Wildman–Crippen MR) is 83.9 cm³/mol. The summed E-state index contributed by atoms with van der Waals surface area (Å²) in [6.07, 6.45) is 0. The number of ether oxygens (including phenoxy) is 1. The van der Waals surface area contributed by atoms with Gasteiger partial charge in [0.25, 0.3) is 0 Å². The lowest BCUT2D eigenvalue weighted by molar-refractivity contribution is 0.416. The average molecular weight is 331 g/mol. The summed E-state index contributed by atoms with van der Waals surface area (Å²) in [7, 11) is 1.60. The molecule has 0 aromatic heterocycles. The Bertz CT molecular complexity index is 632. The summed E-state index contributed by atoms with van der Waals surface area (Å²) < 4.78 is 6.38. The third kappa shape index (κ3) is 3.31. The molecule has 0 aliphatic rings. The van der Waals surface area contributed by atoms with Crippen LogP contribution in [0.25, 0.3) is 0 Å². The Morgan fingerprint density at radius 2 is 1.90 bits per heavy atom. The zero-order valence-electron chi connectivity index (χ0n) is 11.4. The molecule has 1 unspecified atom stereocenters. The van der Waals surface area contributed by atoms with Crippen molar-refractivity contribution < 1.29 is 4.74 Å². The van der Waals surface area contributed by atoms with E-state index < -0.39 is 0 Å². The smallest absolute Gasteiger partial charge is 0.143 e. The monoisotopic (exact) mass is 330 g/mol. The van der Waals surface area contributed by atoms with Gasteiger partial charge in [0, 0.05) is 16.6 Å². The lowest BCUT2D eigenvalue weighted by Crippen LogP contribution is -2.07. The first-order valence-corrected chi connectivity index (χ1v) is 7.03. The molecule has 2 aromatic rings. The van der Waals surface area contributed by atoms with Gasteiger partial charge in [0.05, 0.1) is 24.4 Å². The maximum atomic E-state index is 8.90. The van der Waals surface area contributed by atoms with Crippen LogP contribution in [0, 0.1) is 11.3 Å². The molecule has 0 saturated heterocycles. The highest BCUT2D eigenvalue weighted by molar-refractivity contribution is 9.10. The van der Waals surface area contributed by atoms with Crippen molar-refractivity contribution in [3.05, 3.63) is 58.1 Å². The maximum absolute atomic E-state index is 8.90. The molecule has 2 aromatic carbocycles. The summed E-state index contributed by atoms with van der Waals surface area (Å²) >= 11 is 3.43. The first-order chi connectivity index (χ1) is 9.63. The van der Waals surface area contributed by atoms with Crippen LogP contribution in [0.4, 0.5) is 5.69 Å². The average Bonchev–Trinajstić information content (AvgIpc) is 2.48. The second-order valence-corrected chi connectivity index (χ2v) is 5.36. The maximum Gasteiger partial charge on any atom is 0.143 e. The van der Waals surface area contributed by atoms with Crippen molar-refractivity contribution in [1.29, 1.82) is 5.26 Å². The minimum atomic E-state index is 0.143. The Balaban J connectivity index is 2.21. The number of anilines is 1. The second kappa shape index (κ2) is 6.44. The summed E-state index contributed by atoms with van der Waals surface area (Å²) in [6.45, 7) is 2.08. The fourth-order valence-corrected chi connectivity index (χ4v) is 2.21. The van der Waals surface area contributed by atoms with Gasteiger partial charge < -0.3 is 10.1 Å². The molecule has 0 aliphatic carbocycles. The molecule has 2 rings (SSSR count). The normalized spacial score (nSPS) is 11.5. The molecular formula is C16H15BrN2O. The third-order valence-corrected chi connectivity index (χ3v) is 3.60. The molecule has 102 valence electrons. The van der Waals surface area contributed by atoms with Crippen LogP contribution in [0.3, 0.4) is 0 Å². The third-order valence-electron chi connectivity index (χ3n) is 3.07. The van der Waals surface area contributed by atoms with Crippen LogP contribution in [0.15, 0.2) is 46.9 Å². The topological polar surface area (TPSA) is 45.0 Å². The number of nitriles is 1. The van der Waals surface area contributed by atoms with Crippen molar-refractivity contribution in [3.8, 4) is 11.8 Å². The second-order valence-electron chi connectivity index (χ2n) is 4.44. The molecule has 0 aliphatic heterocycles. The summed E-state index contributed by atoms with van der Waals surface area (Å²) in [6, 6.07) is 15.8. The van der Waals surface area contributed by atoms with E-state index in [4.69, 9.17) is 10.00 Å². The molecule has 0 radical (unpaired) electrons. The number of hydrogen-bond acceptors (Lipinski definition) is 3. The molecule has 4 heteroatoms. The van der Waals surface area contributed by atoms with Gasteiger partial charge in [-0.2, -0.15) is 5.26 Å². The molecule has 0 heterocycles. The van der Waals surface area contributed by atoms with E-state index in [2.05, 4.69) is 46.4 Å². The number of nitrogens with zero attached hydrogens (tertiary/aromatic N) is 1. The lowest BCUT2D eigenvalue weighted by atomic mass is 10.1. The van der Waals surface area contributed by atoms with E-state index in [0.29, 0.717) is 11.3 Å². The number of halogens is 1. The van der Waals surface area contributed by atoms with E-state index in [9.17, 15) is 0 Å². The zero-order chi connectivity index (χ0) is 14.5. The van der Waals surface area contributed by atoms with Crippen LogP contribution in [0.2, 0.25) is 0 Å². The number of benzene rings is 2. The van der Waals surface area contributed by atoms with Gasteiger partial charge >= 0.3 is 0 Å². The summed E-state index contributed by atoms with van der Waals surface area (Å²) in [5.41, 5.74) is 2.64. The number of nitrogens with one attached hydrogen (secondary N) is 1. The van der Waals surface area contributed by atoms with E-state index >= 15 is 0 Å². The summed E-state index contributed by atoms with van der Waals surface area (Å²) in [5.74, 6) is 0.674. The fourth-order valence-electron chi connectivity index (χ4n) is 1.95. The standard InChI is InChI=1S/C16H15BrN2O/c1-11(13-4-6-14(17)7-5-13)19-15-8-3-12(10-18)9-16(15)20-2/h3-9,11,19H,1-2H3. The Morgan fingerprint density at radius 3 is 2.50 bits per heavy atom. The highest BCUT2D eigenvalue weighted by Gasteiger charge is 2.09. The van der Waals surface area contributed by atoms with Crippen LogP contribution in [-0.2, 0) is 0 Å². The Kier molecular flexibility index (Phi) is 4.65. The van der Waals surface area contributed by atoms with Crippen LogP contribution in [0.5, 0.6) is 5.75 Å². The van der Waals surface area contributed by atoms with E-state index in [-0.39, 0.29) is 6.04 Å². The first-order valence-electron chi connectivity index (χ1n) is 6.24. The van der Waals surface area contributed by atoms with Gasteiger partial charge in [-0.25, -0.2) is 0 Å². The lowest BCUT2D eigenvalue weighted by Gasteiger charge is -2.18. The molecule has 1 N–H and O–H groups in total. The Labute approximate surface area is 127 Å². The predicted octanol–water partition coefficient (Wildman–Crippen LogP) is 4.50. The van der Waals surface area contributed by atoms with Gasteiger partial charge in [-0.1, -0.05) is 28.1 Å². The summed E-state index contributed by atoms with van der Waals surface area (Å²) in [5, 5.41) is 12.3. The van der Waals surface area contributed by atoms with Crippen LogP contribution >= 0.6 is 15.9 Å². The minimum absolute atomic E-state index is 0.143. The quantitative estimate of drug-likeness (QED) is 0.897. The van der Waals surface area contributed by atoms with Crippen LogP contribution in [0.1, 0.15) is 24.1 Å². The summed E-state index contributed by atoms with van der Waals surface area (Å²) in [4.78, 5) is 0. The largest absolute Gasteiger partial charge is 0.495 e. The fraction of sp³-hybridized carbons (Fsp3) is 0.188. The zero-order valence-corrected chi connectivity index (χ0v) is 12.9. The van der Waals surface area contributed by atoms with Gasteiger partial charge in [0.1, 0.15) is 5.75 Å². The van der Waals surface area contributed by atoms with E-state index in [1.54, 1.807) is 19.2 Å². The van der Waals surface area contributed by atoms with Gasteiger partial charge in [-0.3, -0.25) is 0 Å². The molecule has 1 atom stereocenters. The molecule has 3 nitrogen and oxygen atoms in total. The van der Waals surface area contributed by atoms with Crippen LogP contribution < -0.4 is 10.1 Å². The number of rotatable bonds is 4. The SMILES string of the molecule is COc1cc(C#N)ccc1NC(C)c1ccc(Br)cc1. The van der Waals surface area contributed by atoms with Gasteiger partial charge in [0.2, 0.25) is 0 Å². The Hall–Kier alpha value is -1.99. The van der Waals surface area contributed by atoms with Crippen molar-refractivity contribution in [3.63, 3.8) is 0 Å². The minimum Gasteiger partial charge on any atom is -0.495 e. The molecular weight excluding hydrogens is 316 g/mol. The van der Waals surface area contributed by atoms with Crippen molar-refractivity contribution in [2.45, 2.75) is 13.0 Å². The molecule has 0 amide bonds. The van der Waals surface area contributed by atoms with Gasteiger partial charge in [0.15, 0.2) is 0 Å². The van der Waals surface area contributed by atoms with Gasteiger partial charge in [-0.15, -0.1) is 0 Å². The molecule has 0 spiro atoms. The van der Waals surface area contributed by atoms with Crippen molar-refractivity contribution >= 4 is 21.6 Å². The number of methoxy groups -OCH3 is 1. The van der Waals surface area contributed by atoms with Crippen LogP contribution in [-0.4, -0.2) is 7.11 Å².